The molecule has 1 N–H and O–H groups in total. The highest BCUT2D eigenvalue weighted by atomic mass is 127. The van der Waals surface area contributed by atoms with Crippen LogP contribution >= 0.6 is 22.6 Å². The average Bonchev–Trinajstić information content (AvgIpc) is 2.40. The van der Waals surface area contributed by atoms with E-state index in [0.717, 1.165) is 14.8 Å². The predicted molar refractivity (Wildman–Crippen MR) is 84.7 cm³/mol. The first-order valence-electron chi connectivity index (χ1n) is 5.83. The lowest BCUT2D eigenvalue weighted by molar-refractivity contribution is 0.0990. The molecule has 0 heterocycles. The van der Waals surface area contributed by atoms with E-state index >= 15 is 0 Å². The number of aryl methyl sites for hydroxylation is 1. The maximum atomic E-state index is 12.4. The van der Waals surface area contributed by atoms with E-state index in [2.05, 4.69) is 22.6 Å². The number of anilines is 1. The van der Waals surface area contributed by atoms with Gasteiger partial charge >= 0.3 is 0 Å². The van der Waals surface area contributed by atoms with Crippen LogP contribution in [0.3, 0.4) is 0 Å². The summed E-state index contributed by atoms with van der Waals surface area (Å²) in [5, 5.41) is 9.82. The summed E-state index contributed by atoms with van der Waals surface area (Å²) in [4.78, 5) is 14.0. The molecule has 0 saturated carbocycles. The number of rotatable bonds is 2. The second-order valence-corrected chi connectivity index (χ2v) is 5.56. The third-order valence-electron chi connectivity index (χ3n) is 2.97. The number of phenols is 1. The fourth-order valence-electron chi connectivity index (χ4n) is 1.91. The molecule has 19 heavy (non-hydrogen) atoms. The average molecular weight is 367 g/mol. The van der Waals surface area contributed by atoms with Gasteiger partial charge in [0.1, 0.15) is 5.75 Å². The van der Waals surface area contributed by atoms with Crippen molar-refractivity contribution in [3.63, 3.8) is 0 Å². The molecule has 0 atom stereocenters. The molecule has 0 unspecified atom stereocenters. The van der Waals surface area contributed by atoms with Crippen molar-refractivity contribution in [1.29, 1.82) is 0 Å². The van der Waals surface area contributed by atoms with E-state index in [1.54, 1.807) is 30.1 Å². The minimum Gasteiger partial charge on any atom is -0.507 e. The van der Waals surface area contributed by atoms with E-state index in [1.165, 1.54) is 0 Å². The monoisotopic (exact) mass is 367 g/mol. The third kappa shape index (κ3) is 2.89. The number of hydrogen-bond donors (Lipinski definition) is 1. The first kappa shape index (κ1) is 13.9. The molecule has 0 fully saturated rings. The summed E-state index contributed by atoms with van der Waals surface area (Å²) in [5.41, 5.74) is 2.17. The zero-order chi connectivity index (χ0) is 14.0. The van der Waals surface area contributed by atoms with Gasteiger partial charge in [0, 0.05) is 16.3 Å². The summed E-state index contributed by atoms with van der Waals surface area (Å²) in [6.07, 6.45) is 0. The molecule has 2 rings (SSSR count). The van der Waals surface area contributed by atoms with E-state index in [0.29, 0.717) is 5.56 Å². The second kappa shape index (κ2) is 5.61. The first-order valence-corrected chi connectivity index (χ1v) is 6.91. The summed E-state index contributed by atoms with van der Waals surface area (Å²) in [6, 6.07) is 12.7. The zero-order valence-electron chi connectivity index (χ0n) is 10.7. The van der Waals surface area contributed by atoms with Gasteiger partial charge in [-0.3, -0.25) is 4.79 Å². The van der Waals surface area contributed by atoms with Gasteiger partial charge in [0.2, 0.25) is 0 Å². The molecular weight excluding hydrogens is 353 g/mol. The zero-order valence-corrected chi connectivity index (χ0v) is 12.9. The number of phenolic OH excluding ortho intramolecular Hbond substituents is 1. The molecular formula is C15H14INO2. The molecule has 0 aliphatic rings. The summed E-state index contributed by atoms with van der Waals surface area (Å²) in [6.45, 7) is 1.95. The third-order valence-corrected chi connectivity index (χ3v) is 3.64. The van der Waals surface area contributed by atoms with Crippen LogP contribution in [-0.4, -0.2) is 18.1 Å². The topological polar surface area (TPSA) is 40.5 Å². The van der Waals surface area contributed by atoms with Crippen LogP contribution in [0.15, 0.2) is 42.5 Å². The summed E-state index contributed by atoms with van der Waals surface area (Å²) in [7, 11) is 1.71. The minimum absolute atomic E-state index is 0.00542. The number of para-hydroxylation sites is 1. The van der Waals surface area contributed by atoms with Gasteiger partial charge in [-0.05, 0) is 59.3 Å². The number of carbonyl (C=O) groups excluding carboxylic acids is 1. The van der Waals surface area contributed by atoms with Crippen LogP contribution in [0.4, 0.5) is 5.69 Å². The predicted octanol–water partition coefficient (Wildman–Crippen LogP) is 3.58. The lowest BCUT2D eigenvalue weighted by Gasteiger charge is -2.20. The van der Waals surface area contributed by atoms with Crippen molar-refractivity contribution in [1.82, 2.24) is 0 Å². The molecule has 0 radical (unpaired) electrons. The molecule has 2 aromatic rings. The largest absolute Gasteiger partial charge is 0.507 e. The number of aromatic hydroxyl groups is 1. The van der Waals surface area contributed by atoms with E-state index in [9.17, 15) is 9.90 Å². The van der Waals surface area contributed by atoms with E-state index < -0.39 is 0 Å². The lowest BCUT2D eigenvalue weighted by Crippen LogP contribution is -2.27. The number of hydrogen-bond acceptors (Lipinski definition) is 2. The highest BCUT2D eigenvalue weighted by Gasteiger charge is 2.18. The summed E-state index contributed by atoms with van der Waals surface area (Å²) >= 11 is 2.12. The van der Waals surface area contributed by atoms with Gasteiger partial charge in [0.15, 0.2) is 0 Å². The molecule has 0 bridgehead atoms. The quantitative estimate of drug-likeness (QED) is 0.825. The van der Waals surface area contributed by atoms with Crippen molar-refractivity contribution in [2.75, 3.05) is 11.9 Å². The Kier molecular flexibility index (Phi) is 4.09. The maximum Gasteiger partial charge on any atom is 0.261 e. The molecule has 0 saturated heterocycles. The molecule has 0 aromatic heterocycles. The highest BCUT2D eigenvalue weighted by molar-refractivity contribution is 14.1. The lowest BCUT2D eigenvalue weighted by atomic mass is 10.1. The van der Waals surface area contributed by atoms with Crippen LogP contribution in [0.5, 0.6) is 5.75 Å². The smallest absolute Gasteiger partial charge is 0.261 e. The Morgan fingerprint density at radius 2 is 1.89 bits per heavy atom. The van der Waals surface area contributed by atoms with Gasteiger partial charge in [0.05, 0.1) is 5.56 Å². The number of amides is 1. The standard InChI is InChI=1S/C15H14INO2/c1-10-5-3-4-6-13(10)17(2)15(19)12-9-11(16)7-8-14(12)18/h3-9,18H,1-2H3. The fourth-order valence-corrected chi connectivity index (χ4v) is 2.40. The molecule has 1 amide bonds. The minimum atomic E-state index is -0.217. The van der Waals surface area contributed by atoms with Gasteiger partial charge < -0.3 is 10.0 Å². The van der Waals surface area contributed by atoms with Crippen LogP contribution < -0.4 is 4.90 Å². The van der Waals surface area contributed by atoms with Crippen molar-refractivity contribution >= 4 is 34.2 Å². The van der Waals surface area contributed by atoms with Gasteiger partial charge in [-0.2, -0.15) is 0 Å². The Labute approximate surface area is 126 Å². The van der Waals surface area contributed by atoms with Crippen LogP contribution in [0.1, 0.15) is 15.9 Å². The Hall–Kier alpha value is -1.56. The molecule has 0 spiro atoms. The summed E-state index contributed by atoms with van der Waals surface area (Å²) in [5.74, 6) is -0.212. The Morgan fingerprint density at radius 1 is 1.21 bits per heavy atom. The normalized spacial score (nSPS) is 10.3. The molecule has 2 aromatic carbocycles. The number of nitrogens with zero attached hydrogens (tertiary/aromatic N) is 1. The number of halogens is 1. The van der Waals surface area contributed by atoms with E-state index in [4.69, 9.17) is 0 Å². The van der Waals surface area contributed by atoms with Crippen LogP contribution in [-0.2, 0) is 0 Å². The van der Waals surface area contributed by atoms with E-state index in [-0.39, 0.29) is 11.7 Å². The maximum absolute atomic E-state index is 12.4. The van der Waals surface area contributed by atoms with Crippen molar-refractivity contribution in [3.05, 3.63) is 57.2 Å². The van der Waals surface area contributed by atoms with Crippen LogP contribution in [0, 0.1) is 10.5 Å². The highest BCUT2D eigenvalue weighted by Crippen LogP contribution is 2.25. The van der Waals surface area contributed by atoms with Crippen LogP contribution in [0.25, 0.3) is 0 Å². The van der Waals surface area contributed by atoms with Gasteiger partial charge in [-0.15, -0.1) is 0 Å². The molecule has 4 heteroatoms. The fraction of sp³-hybridized carbons (Fsp3) is 0.133. The molecule has 0 aliphatic heterocycles. The Bertz CT molecular complexity index is 625. The molecule has 0 aliphatic carbocycles. The van der Waals surface area contributed by atoms with Crippen molar-refractivity contribution in [2.45, 2.75) is 6.92 Å². The van der Waals surface area contributed by atoms with Gasteiger partial charge in [-0.1, -0.05) is 18.2 Å². The summed E-state index contributed by atoms with van der Waals surface area (Å²) < 4.78 is 0.914. The Balaban J connectivity index is 2.39. The van der Waals surface area contributed by atoms with E-state index in [1.807, 2.05) is 31.2 Å². The second-order valence-electron chi connectivity index (χ2n) is 4.31. The SMILES string of the molecule is Cc1ccccc1N(C)C(=O)c1cc(I)ccc1O. The first-order chi connectivity index (χ1) is 9.00. The molecule has 3 nitrogen and oxygen atoms in total. The number of benzene rings is 2. The number of carbonyl (C=O) groups is 1. The van der Waals surface area contributed by atoms with Gasteiger partial charge in [0.25, 0.3) is 5.91 Å². The van der Waals surface area contributed by atoms with Crippen molar-refractivity contribution in [2.24, 2.45) is 0 Å². The van der Waals surface area contributed by atoms with Gasteiger partial charge in [-0.25, -0.2) is 0 Å². The van der Waals surface area contributed by atoms with Crippen molar-refractivity contribution < 1.29 is 9.90 Å². The molecule has 98 valence electrons. The van der Waals surface area contributed by atoms with Crippen molar-refractivity contribution in [3.8, 4) is 5.75 Å². The van der Waals surface area contributed by atoms with Crippen LogP contribution in [0.2, 0.25) is 0 Å². The Morgan fingerprint density at radius 3 is 2.58 bits per heavy atom.